The van der Waals surface area contributed by atoms with Gasteiger partial charge >= 0.3 is 0 Å². The van der Waals surface area contributed by atoms with Gasteiger partial charge in [-0.3, -0.25) is 9.55 Å². The van der Waals surface area contributed by atoms with E-state index in [-0.39, 0.29) is 16.6 Å². The molecule has 0 atom stereocenters. The molecule has 65 heavy (non-hydrogen) atoms. The number of phenols is 1. The number of nitrogens with zero attached hydrogens (tertiary/aromatic N) is 3. The molecular formula is C60H49N3O2. The van der Waals surface area contributed by atoms with Gasteiger partial charge in [0.1, 0.15) is 22.7 Å². The Morgan fingerprint density at radius 3 is 1.95 bits per heavy atom. The number of furan rings is 1. The van der Waals surface area contributed by atoms with Gasteiger partial charge in [0.25, 0.3) is 0 Å². The summed E-state index contributed by atoms with van der Waals surface area (Å²) in [5.41, 5.74) is 14.6. The molecular weight excluding hydrogens is 795 g/mol. The molecule has 11 rings (SSSR count). The Hall–Kier alpha value is -7.76. The van der Waals surface area contributed by atoms with Crippen LogP contribution >= 0.6 is 0 Å². The number of rotatable bonds is 6. The van der Waals surface area contributed by atoms with Gasteiger partial charge in [0, 0.05) is 45.3 Å². The Bertz CT molecular complexity index is 3620. The first-order valence-corrected chi connectivity index (χ1v) is 22.4. The summed E-state index contributed by atoms with van der Waals surface area (Å²) in [4.78, 5) is 10.8. The van der Waals surface area contributed by atoms with Crippen molar-refractivity contribution in [2.45, 2.75) is 52.4 Å². The molecule has 8 aromatic carbocycles. The number of hydrogen-bond donors (Lipinski definition) is 1. The van der Waals surface area contributed by atoms with E-state index >= 15 is 0 Å². The summed E-state index contributed by atoms with van der Waals surface area (Å²) in [6.45, 7) is 13.1. The molecule has 0 amide bonds. The average molecular weight is 844 g/mol. The van der Waals surface area contributed by atoms with Crippen LogP contribution in [0.15, 0.2) is 187 Å². The van der Waals surface area contributed by atoms with Crippen LogP contribution < -0.4 is 0 Å². The van der Waals surface area contributed by atoms with Gasteiger partial charge in [-0.25, -0.2) is 4.98 Å². The van der Waals surface area contributed by atoms with Crippen LogP contribution in [0, 0.1) is 0 Å². The largest absolute Gasteiger partial charge is 0.507 e. The molecule has 0 unspecified atom stereocenters. The quantitative estimate of drug-likeness (QED) is 0.181. The molecule has 5 nitrogen and oxygen atoms in total. The van der Waals surface area contributed by atoms with E-state index in [2.05, 4.69) is 210 Å². The van der Waals surface area contributed by atoms with Crippen molar-refractivity contribution in [3.05, 3.63) is 193 Å². The molecule has 3 heterocycles. The van der Waals surface area contributed by atoms with Gasteiger partial charge in [0.05, 0.1) is 28.0 Å². The van der Waals surface area contributed by atoms with E-state index in [0.29, 0.717) is 11.4 Å². The lowest BCUT2D eigenvalue weighted by atomic mass is 9.79. The third-order valence-electron chi connectivity index (χ3n) is 12.8. The highest BCUT2D eigenvalue weighted by atomic mass is 16.3. The van der Waals surface area contributed by atoms with Crippen molar-refractivity contribution in [2.24, 2.45) is 0 Å². The van der Waals surface area contributed by atoms with Crippen molar-refractivity contribution in [2.75, 3.05) is 0 Å². The van der Waals surface area contributed by atoms with Gasteiger partial charge in [0.2, 0.25) is 0 Å². The number of phenolic OH excluding ortho intramolecular Hbond substituents is 1. The fourth-order valence-electron chi connectivity index (χ4n) is 9.42. The van der Waals surface area contributed by atoms with Gasteiger partial charge in [0.15, 0.2) is 0 Å². The molecule has 0 saturated heterocycles. The van der Waals surface area contributed by atoms with E-state index in [9.17, 15) is 5.11 Å². The van der Waals surface area contributed by atoms with E-state index < -0.39 is 0 Å². The zero-order valence-corrected chi connectivity index (χ0v) is 37.5. The predicted octanol–water partition coefficient (Wildman–Crippen LogP) is 16.1. The number of fused-ring (bicyclic) bond motifs is 6. The molecule has 0 radical (unpaired) electrons. The van der Waals surface area contributed by atoms with Crippen molar-refractivity contribution in [1.82, 2.24) is 14.5 Å². The van der Waals surface area contributed by atoms with Crippen LogP contribution in [0.5, 0.6) is 5.75 Å². The monoisotopic (exact) mass is 843 g/mol. The van der Waals surface area contributed by atoms with Crippen LogP contribution in [0.2, 0.25) is 0 Å². The van der Waals surface area contributed by atoms with Gasteiger partial charge in [-0.1, -0.05) is 169 Å². The molecule has 0 aliphatic heterocycles. The maximum absolute atomic E-state index is 12.5. The summed E-state index contributed by atoms with van der Waals surface area (Å²) in [6.07, 6.45) is 1.96. The Kier molecular flexibility index (Phi) is 9.37. The highest BCUT2D eigenvalue weighted by Crippen LogP contribution is 2.46. The molecule has 0 spiro atoms. The molecule has 0 saturated carbocycles. The van der Waals surface area contributed by atoms with E-state index in [1.165, 1.54) is 5.39 Å². The summed E-state index contributed by atoms with van der Waals surface area (Å²) >= 11 is 0. The van der Waals surface area contributed by atoms with E-state index in [1.807, 2.05) is 18.3 Å². The van der Waals surface area contributed by atoms with Gasteiger partial charge < -0.3 is 9.52 Å². The lowest BCUT2D eigenvalue weighted by Gasteiger charge is -2.27. The molecule has 5 heteroatoms. The normalized spacial score (nSPS) is 12.2. The second-order valence-electron chi connectivity index (χ2n) is 19.2. The standard InChI is InChI=1S/C60H49N3O2/c1-59(2,3)43-33-47(57(64)49(34-43)60(4,5)6)58-62-56-46(25-17-27-52(56)63(58)51-26-16-15-23-44(51)38-20-11-8-12-21-38)41-30-40(37-18-9-7-10-19-37)31-42(32-41)50-35-54-48(36-61-50)55-45-24-14-13-22-39(45)28-29-53(55)65-54/h7-36,64H,1-6H3. The third-order valence-corrected chi connectivity index (χ3v) is 12.8. The Balaban J connectivity index is 1.18. The highest BCUT2D eigenvalue weighted by molar-refractivity contribution is 6.18. The topological polar surface area (TPSA) is 64.1 Å². The van der Waals surface area contributed by atoms with Crippen LogP contribution in [0.1, 0.15) is 52.7 Å². The maximum atomic E-state index is 12.5. The first kappa shape index (κ1) is 40.0. The SMILES string of the molecule is CC(C)(C)c1cc(-c2nc3c(-c4cc(-c5ccccc5)cc(-c5cc6oc7ccc8ccccc8c7c6cn5)c4)cccc3n2-c2ccccc2-c2ccccc2)c(O)c(C(C)(C)C)c1. The predicted molar refractivity (Wildman–Crippen MR) is 270 cm³/mol. The van der Waals surface area contributed by atoms with Crippen LogP contribution in [-0.4, -0.2) is 19.6 Å². The molecule has 11 aromatic rings. The third kappa shape index (κ3) is 6.95. The summed E-state index contributed by atoms with van der Waals surface area (Å²) in [5.74, 6) is 0.920. The smallest absolute Gasteiger partial charge is 0.149 e. The molecule has 0 fully saturated rings. The minimum Gasteiger partial charge on any atom is -0.507 e. The van der Waals surface area contributed by atoms with E-state index in [1.54, 1.807) is 0 Å². The first-order valence-electron chi connectivity index (χ1n) is 22.4. The summed E-state index contributed by atoms with van der Waals surface area (Å²) in [7, 11) is 0. The lowest BCUT2D eigenvalue weighted by molar-refractivity contribution is 0.446. The number of imidazole rings is 1. The number of aromatic hydroxyl groups is 1. The van der Waals surface area contributed by atoms with Crippen molar-refractivity contribution in [3.63, 3.8) is 0 Å². The fourth-order valence-corrected chi connectivity index (χ4v) is 9.42. The second kappa shape index (κ2) is 15.2. The number of hydrogen-bond acceptors (Lipinski definition) is 4. The first-order chi connectivity index (χ1) is 31.4. The maximum Gasteiger partial charge on any atom is 0.149 e. The number of pyridine rings is 1. The number of para-hydroxylation sites is 2. The zero-order valence-electron chi connectivity index (χ0n) is 37.5. The van der Waals surface area contributed by atoms with Gasteiger partial charge in [-0.05, 0) is 91.9 Å². The van der Waals surface area contributed by atoms with Crippen molar-refractivity contribution < 1.29 is 9.52 Å². The molecule has 316 valence electrons. The molecule has 3 aromatic heterocycles. The van der Waals surface area contributed by atoms with Gasteiger partial charge in [-0.15, -0.1) is 0 Å². The van der Waals surface area contributed by atoms with Crippen LogP contribution in [0.3, 0.4) is 0 Å². The minimum absolute atomic E-state index is 0.187. The lowest BCUT2D eigenvalue weighted by Crippen LogP contribution is -2.17. The minimum atomic E-state index is -0.328. The Morgan fingerprint density at radius 1 is 0.508 bits per heavy atom. The second-order valence-corrected chi connectivity index (χ2v) is 19.2. The van der Waals surface area contributed by atoms with Crippen molar-refractivity contribution in [3.8, 4) is 67.5 Å². The van der Waals surface area contributed by atoms with E-state index in [0.717, 1.165) is 99.8 Å². The molecule has 0 bridgehead atoms. The Labute approximate surface area is 379 Å². The van der Waals surface area contributed by atoms with Gasteiger partial charge in [-0.2, -0.15) is 0 Å². The molecule has 1 N–H and O–H groups in total. The van der Waals surface area contributed by atoms with Crippen molar-refractivity contribution >= 4 is 43.7 Å². The van der Waals surface area contributed by atoms with E-state index in [4.69, 9.17) is 14.4 Å². The fraction of sp³-hybridized carbons (Fsp3) is 0.133. The molecule has 0 aliphatic rings. The number of benzene rings is 8. The molecule has 0 aliphatic carbocycles. The zero-order chi connectivity index (χ0) is 44.6. The van der Waals surface area contributed by atoms with Crippen LogP contribution in [0.25, 0.3) is 105 Å². The van der Waals surface area contributed by atoms with Crippen LogP contribution in [0.4, 0.5) is 0 Å². The summed E-state index contributed by atoms with van der Waals surface area (Å²) in [6, 6.07) is 61.6. The Morgan fingerprint density at radius 2 is 1.18 bits per heavy atom. The number of aromatic nitrogens is 3. The summed E-state index contributed by atoms with van der Waals surface area (Å²) < 4.78 is 8.79. The highest BCUT2D eigenvalue weighted by Gasteiger charge is 2.29. The summed E-state index contributed by atoms with van der Waals surface area (Å²) in [5, 5.41) is 16.9. The van der Waals surface area contributed by atoms with Crippen molar-refractivity contribution in [1.29, 1.82) is 0 Å². The average Bonchev–Trinajstić information content (AvgIpc) is 3.90. The van der Waals surface area contributed by atoms with Crippen LogP contribution in [-0.2, 0) is 10.8 Å².